The molecule has 0 unspecified atom stereocenters. The highest BCUT2D eigenvalue weighted by atomic mass is 16.4. The topological polar surface area (TPSA) is 55.1 Å². The van der Waals surface area contributed by atoms with Gasteiger partial charge in [-0.1, -0.05) is 19.9 Å². The summed E-state index contributed by atoms with van der Waals surface area (Å²) in [6.45, 7) is 8.59. The third-order valence-corrected chi connectivity index (χ3v) is 3.93. The van der Waals surface area contributed by atoms with Crippen molar-refractivity contribution < 1.29 is 9.90 Å². The second-order valence-electron chi connectivity index (χ2n) is 5.76. The van der Waals surface area contributed by atoms with Crippen LogP contribution < -0.4 is 0 Å². The maximum Gasteiger partial charge on any atom is 0.337 e. The third-order valence-electron chi connectivity index (χ3n) is 3.93. The zero-order chi connectivity index (χ0) is 14.9. The average molecular weight is 274 g/mol. The van der Waals surface area contributed by atoms with Crippen LogP contribution in [0.2, 0.25) is 0 Å². The number of aryl methyl sites for hydroxylation is 1. The number of hydrogen-bond donors (Lipinski definition) is 1. The van der Waals surface area contributed by atoms with E-state index in [9.17, 15) is 9.90 Å². The Labute approximate surface area is 119 Å². The second kappa shape index (κ2) is 5.27. The molecule has 0 atom stereocenters. The Hall–Kier alpha value is -1.84. The summed E-state index contributed by atoms with van der Waals surface area (Å²) in [6, 6.07) is 5.38. The lowest BCUT2D eigenvalue weighted by Crippen LogP contribution is -2.27. The molecule has 0 bridgehead atoms. The summed E-state index contributed by atoms with van der Waals surface area (Å²) >= 11 is 0. The van der Waals surface area contributed by atoms with E-state index >= 15 is 0 Å². The van der Waals surface area contributed by atoms with Crippen LogP contribution in [0.15, 0.2) is 18.2 Å². The minimum absolute atomic E-state index is 0.0730. The lowest BCUT2D eigenvalue weighted by molar-refractivity contribution is 0.0699. The van der Waals surface area contributed by atoms with Crippen molar-refractivity contribution >= 4 is 17.0 Å². The number of rotatable bonds is 5. The molecule has 0 radical (unpaired) electrons. The van der Waals surface area contributed by atoms with E-state index in [0.717, 1.165) is 30.6 Å². The van der Waals surface area contributed by atoms with E-state index in [1.165, 1.54) is 0 Å². The van der Waals surface area contributed by atoms with Crippen molar-refractivity contribution in [2.45, 2.75) is 52.5 Å². The van der Waals surface area contributed by atoms with Gasteiger partial charge in [0, 0.05) is 12.0 Å². The Morgan fingerprint density at radius 2 is 2.05 bits per heavy atom. The normalized spacial score (nSPS) is 12.0. The van der Waals surface area contributed by atoms with Crippen molar-refractivity contribution in [3.8, 4) is 0 Å². The third kappa shape index (κ3) is 2.30. The lowest BCUT2D eigenvalue weighted by Gasteiger charge is -2.28. The highest BCUT2D eigenvalue weighted by Crippen LogP contribution is 2.30. The van der Waals surface area contributed by atoms with Gasteiger partial charge in [0.2, 0.25) is 0 Å². The molecule has 1 aromatic carbocycles. The first-order chi connectivity index (χ1) is 9.42. The minimum Gasteiger partial charge on any atom is -0.478 e. The van der Waals surface area contributed by atoms with E-state index in [2.05, 4.69) is 37.2 Å². The van der Waals surface area contributed by atoms with Gasteiger partial charge in [-0.25, -0.2) is 9.78 Å². The van der Waals surface area contributed by atoms with Gasteiger partial charge in [-0.2, -0.15) is 0 Å². The van der Waals surface area contributed by atoms with Crippen LogP contribution in [0.4, 0.5) is 0 Å². The first-order valence-electron chi connectivity index (χ1n) is 7.16. The molecule has 0 aliphatic heterocycles. The molecule has 0 aliphatic rings. The molecule has 0 spiro atoms. The Bertz CT molecular complexity index is 641. The number of fused-ring (bicyclic) bond motifs is 1. The minimum atomic E-state index is -0.919. The molecule has 108 valence electrons. The zero-order valence-electron chi connectivity index (χ0n) is 12.6. The smallest absolute Gasteiger partial charge is 0.337 e. The molecule has 4 heteroatoms. The zero-order valence-corrected chi connectivity index (χ0v) is 12.6. The van der Waals surface area contributed by atoms with Gasteiger partial charge < -0.3 is 9.67 Å². The fraction of sp³-hybridized carbons (Fsp3) is 0.500. The van der Waals surface area contributed by atoms with Gasteiger partial charge >= 0.3 is 5.97 Å². The molecular weight excluding hydrogens is 252 g/mol. The number of imidazole rings is 1. The number of aromatic carboxylic acids is 1. The summed E-state index contributed by atoms with van der Waals surface area (Å²) in [7, 11) is 0. The first-order valence-corrected chi connectivity index (χ1v) is 7.16. The van der Waals surface area contributed by atoms with Crippen LogP contribution in [0.25, 0.3) is 11.0 Å². The Kier molecular flexibility index (Phi) is 3.84. The van der Waals surface area contributed by atoms with E-state index < -0.39 is 5.97 Å². The van der Waals surface area contributed by atoms with Gasteiger partial charge in [0.1, 0.15) is 11.3 Å². The van der Waals surface area contributed by atoms with Gasteiger partial charge in [-0.3, -0.25) is 0 Å². The number of nitrogens with zero attached hydrogens (tertiary/aromatic N) is 2. The monoisotopic (exact) mass is 274 g/mol. The molecule has 0 saturated carbocycles. The molecule has 0 saturated heterocycles. The molecule has 20 heavy (non-hydrogen) atoms. The fourth-order valence-electron chi connectivity index (χ4n) is 2.54. The van der Waals surface area contributed by atoms with Crippen molar-refractivity contribution in [1.82, 2.24) is 9.55 Å². The predicted octanol–water partition coefficient (Wildman–Crippen LogP) is 3.83. The van der Waals surface area contributed by atoms with Crippen LogP contribution in [-0.2, 0) is 12.0 Å². The van der Waals surface area contributed by atoms with Crippen LogP contribution in [0.1, 0.15) is 56.7 Å². The van der Waals surface area contributed by atoms with Crippen LogP contribution in [0, 0.1) is 0 Å². The summed E-state index contributed by atoms with van der Waals surface area (Å²) in [6.07, 6.45) is 2.81. The van der Waals surface area contributed by atoms with Gasteiger partial charge in [0.05, 0.1) is 11.1 Å². The number of carboxylic acid groups (broad SMARTS) is 1. The summed E-state index contributed by atoms with van der Waals surface area (Å²) < 4.78 is 2.21. The van der Waals surface area contributed by atoms with Gasteiger partial charge in [-0.05, 0) is 38.8 Å². The highest BCUT2D eigenvalue weighted by Gasteiger charge is 2.25. The predicted molar refractivity (Wildman–Crippen MR) is 80.3 cm³/mol. The SMILES string of the molecule is CCCc1nc2c(C(=O)O)cccc2n1C(C)(C)CC. The van der Waals surface area contributed by atoms with Crippen molar-refractivity contribution in [2.24, 2.45) is 0 Å². The van der Waals surface area contributed by atoms with Crippen LogP contribution >= 0.6 is 0 Å². The number of carboxylic acids is 1. The number of benzene rings is 1. The number of aromatic nitrogens is 2. The van der Waals surface area contributed by atoms with Gasteiger partial charge in [0.25, 0.3) is 0 Å². The molecule has 0 fully saturated rings. The van der Waals surface area contributed by atoms with Crippen molar-refractivity contribution in [3.05, 3.63) is 29.6 Å². The summed E-state index contributed by atoms with van der Waals surface area (Å²) in [5.74, 6) is 0.0562. The van der Waals surface area contributed by atoms with Gasteiger partial charge in [-0.15, -0.1) is 0 Å². The maximum atomic E-state index is 11.4. The summed E-state index contributed by atoms with van der Waals surface area (Å²) in [5.41, 5.74) is 1.73. The van der Waals surface area contributed by atoms with E-state index in [1.807, 2.05) is 6.07 Å². The molecule has 2 aromatic rings. The van der Waals surface area contributed by atoms with Crippen molar-refractivity contribution in [1.29, 1.82) is 0 Å². The highest BCUT2D eigenvalue weighted by molar-refractivity contribution is 6.01. The Morgan fingerprint density at radius 3 is 2.60 bits per heavy atom. The largest absolute Gasteiger partial charge is 0.478 e. The molecule has 1 N–H and O–H groups in total. The number of carbonyl (C=O) groups is 1. The summed E-state index contributed by atoms with van der Waals surface area (Å²) in [5, 5.41) is 9.32. The average Bonchev–Trinajstić information content (AvgIpc) is 2.77. The standard InChI is InChI=1S/C16H22N2O2/c1-5-8-13-17-14-11(15(19)20)9-7-10-12(14)18(13)16(3,4)6-2/h7,9-10H,5-6,8H2,1-4H3,(H,19,20). The van der Waals surface area contributed by atoms with E-state index in [-0.39, 0.29) is 11.1 Å². The van der Waals surface area contributed by atoms with E-state index in [0.29, 0.717) is 5.52 Å². The first kappa shape index (κ1) is 14.6. The quantitative estimate of drug-likeness (QED) is 0.901. The van der Waals surface area contributed by atoms with Gasteiger partial charge in [0.15, 0.2) is 0 Å². The molecule has 0 aliphatic carbocycles. The van der Waals surface area contributed by atoms with Crippen LogP contribution in [0.3, 0.4) is 0 Å². The van der Waals surface area contributed by atoms with E-state index in [4.69, 9.17) is 0 Å². The summed E-state index contributed by atoms with van der Waals surface area (Å²) in [4.78, 5) is 16.0. The van der Waals surface area contributed by atoms with E-state index in [1.54, 1.807) is 12.1 Å². The second-order valence-corrected chi connectivity index (χ2v) is 5.76. The van der Waals surface area contributed by atoms with Crippen molar-refractivity contribution in [3.63, 3.8) is 0 Å². The number of hydrogen-bond acceptors (Lipinski definition) is 2. The number of para-hydroxylation sites is 1. The van der Waals surface area contributed by atoms with Crippen LogP contribution in [-0.4, -0.2) is 20.6 Å². The maximum absolute atomic E-state index is 11.4. The Morgan fingerprint density at radius 1 is 1.35 bits per heavy atom. The van der Waals surface area contributed by atoms with Crippen LogP contribution in [0.5, 0.6) is 0 Å². The molecule has 1 aromatic heterocycles. The molecule has 0 amide bonds. The lowest BCUT2D eigenvalue weighted by atomic mass is 10.0. The Balaban J connectivity index is 2.80. The molecule has 2 rings (SSSR count). The molecular formula is C16H22N2O2. The fourth-order valence-corrected chi connectivity index (χ4v) is 2.54. The molecule has 1 heterocycles. The molecule has 4 nitrogen and oxygen atoms in total. The van der Waals surface area contributed by atoms with Crippen molar-refractivity contribution in [2.75, 3.05) is 0 Å².